The summed E-state index contributed by atoms with van der Waals surface area (Å²) in [6.45, 7) is 1.61. The van der Waals surface area contributed by atoms with Crippen molar-refractivity contribution in [2.75, 3.05) is 24.7 Å². The quantitative estimate of drug-likeness (QED) is 0.816. The number of hydrogen-bond acceptors (Lipinski definition) is 4. The Morgan fingerprint density at radius 2 is 1.44 bits per heavy atom. The Hall–Kier alpha value is -0.160. The molecule has 3 rings (SSSR count). The van der Waals surface area contributed by atoms with E-state index in [1.165, 1.54) is 23.5 Å². The maximum atomic E-state index is 5.62. The fourth-order valence-corrected chi connectivity index (χ4v) is 5.07. The van der Waals surface area contributed by atoms with Crippen LogP contribution >= 0.6 is 23.5 Å². The monoisotopic (exact) mass is 282 g/mol. The van der Waals surface area contributed by atoms with Crippen LogP contribution in [0.2, 0.25) is 0 Å². The van der Waals surface area contributed by atoms with E-state index in [0.717, 1.165) is 25.2 Å². The topological polar surface area (TPSA) is 18.5 Å². The Morgan fingerprint density at radius 1 is 0.833 bits per heavy atom. The summed E-state index contributed by atoms with van der Waals surface area (Å²) in [5, 5.41) is 0. The molecule has 0 unspecified atom stereocenters. The molecule has 1 aromatic rings. The van der Waals surface area contributed by atoms with Crippen molar-refractivity contribution in [2.24, 2.45) is 0 Å². The van der Waals surface area contributed by atoms with Gasteiger partial charge in [-0.2, -0.15) is 0 Å². The fourth-order valence-electron chi connectivity index (χ4n) is 2.17. The van der Waals surface area contributed by atoms with Crippen LogP contribution in [-0.2, 0) is 9.47 Å². The second-order valence-electron chi connectivity index (χ2n) is 4.52. The van der Waals surface area contributed by atoms with Crippen LogP contribution in [-0.4, -0.2) is 24.7 Å². The van der Waals surface area contributed by atoms with Crippen LogP contribution in [0.1, 0.15) is 34.8 Å². The molecule has 0 aliphatic carbocycles. The number of thioether (sulfide) groups is 2. The van der Waals surface area contributed by atoms with Crippen LogP contribution in [0.4, 0.5) is 0 Å². The van der Waals surface area contributed by atoms with Crippen molar-refractivity contribution in [2.45, 2.75) is 23.7 Å². The molecule has 2 aliphatic rings. The lowest BCUT2D eigenvalue weighted by atomic mass is 10.1. The lowest BCUT2D eigenvalue weighted by Gasteiger charge is -2.25. The maximum Gasteiger partial charge on any atom is 0.183 e. The van der Waals surface area contributed by atoms with Gasteiger partial charge >= 0.3 is 0 Å². The van der Waals surface area contributed by atoms with E-state index >= 15 is 0 Å². The van der Waals surface area contributed by atoms with E-state index in [1.54, 1.807) is 0 Å². The van der Waals surface area contributed by atoms with Crippen LogP contribution < -0.4 is 0 Å². The smallest absolute Gasteiger partial charge is 0.183 e. The SMILES string of the molecule is c1cc(C2SCCCS2)ccc1C1OCCCO1. The van der Waals surface area contributed by atoms with Crippen molar-refractivity contribution < 1.29 is 9.47 Å². The molecule has 18 heavy (non-hydrogen) atoms. The van der Waals surface area contributed by atoms with Crippen LogP contribution in [0.25, 0.3) is 0 Å². The molecule has 2 aliphatic heterocycles. The number of benzene rings is 1. The second kappa shape index (κ2) is 6.33. The predicted molar refractivity (Wildman–Crippen MR) is 78.0 cm³/mol. The molecule has 0 saturated carbocycles. The molecule has 0 atom stereocenters. The molecule has 2 nitrogen and oxygen atoms in total. The lowest BCUT2D eigenvalue weighted by molar-refractivity contribution is -0.183. The van der Waals surface area contributed by atoms with Crippen molar-refractivity contribution in [3.8, 4) is 0 Å². The van der Waals surface area contributed by atoms with Crippen molar-refractivity contribution in [3.63, 3.8) is 0 Å². The zero-order chi connectivity index (χ0) is 12.2. The third kappa shape index (κ3) is 3.05. The van der Waals surface area contributed by atoms with E-state index in [4.69, 9.17) is 9.47 Å². The minimum absolute atomic E-state index is 0.153. The summed E-state index contributed by atoms with van der Waals surface area (Å²) in [4.78, 5) is 0. The van der Waals surface area contributed by atoms with Crippen LogP contribution in [0, 0.1) is 0 Å². The molecule has 2 heterocycles. The van der Waals surface area contributed by atoms with Gasteiger partial charge in [0.2, 0.25) is 0 Å². The molecule has 0 radical (unpaired) electrons. The molecule has 2 saturated heterocycles. The van der Waals surface area contributed by atoms with E-state index in [2.05, 4.69) is 47.8 Å². The molecular weight excluding hydrogens is 264 g/mol. The minimum Gasteiger partial charge on any atom is -0.348 e. The molecule has 2 fully saturated rings. The van der Waals surface area contributed by atoms with Gasteiger partial charge in [0.1, 0.15) is 0 Å². The van der Waals surface area contributed by atoms with Crippen LogP contribution in [0.3, 0.4) is 0 Å². The molecule has 0 amide bonds. The summed E-state index contributed by atoms with van der Waals surface area (Å²) in [6, 6.07) is 8.77. The van der Waals surface area contributed by atoms with Gasteiger partial charge in [0.05, 0.1) is 17.8 Å². The van der Waals surface area contributed by atoms with Crippen molar-refractivity contribution in [1.29, 1.82) is 0 Å². The van der Waals surface area contributed by atoms with Gasteiger partial charge in [0.25, 0.3) is 0 Å². The second-order valence-corrected chi connectivity index (χ2v) is 7.25. The highest BCUT2D eigenvalue weighted by atomic mass is 32.2. The average Bonchev–Trinajstić information content (AvgIpc) is 2.49. The van der Waals surface area contributed by atoms with E-state index in [1.807, 2.05) is 0 Å². The first-order valence-corrected chi connectivity index (χ1v) is 8.59. The Morgan fingerprint density at radius 3 is 2.11 bits per heavy atom. The Kier molecular flexibility index (Phi) is 4.52. The zero-order valence-corrected chi connectivity index (χ0v) is 12.0. The van der Waals surface area contributed by atoms with E-state index in [9.17, 15) is 0 Å². The van der Waals surface area contributed by atoms with Crippen molar-refractivity contribution in [3.05, 3.63) is 35.4 Å². The summed E-state index contributed by atoms with van der Waals surface area (Å²) in [5.41, 5.74) is 2.56. The molecule has 1 aromatic carbocycles. The highest BCUT2D eigenvalue weighted by molar-refractivity contribution is 8.16. The predicted octanol–water partition coefficient (Wildman–Crippen LogP) is 3.99. The van der Waals surface area contributed by atoms with Crippen LogP contribution in [0.15, 0.2) is 24.3 Å². The first kappa shape index (κ1) is 12.9. The van der Waals surface area contributed by atoms with Gasteiger partial charge in [-0.05, 0) is 29.9 Å². The van der Waals surface area contributed by atoms with Gasteiger partial charge in [0, 0.05) is 5.56 Å². The molecule has 0 aromatic heterocycles. The molecule has 98 valence electrons. The summed E-state index contributed by atoms with van der Waals surface area (Å²) in [5.74, 6) is 2.57. The molecule has 0 bridgehead atoms. The van der Waals surface area contributed by atoms with Gasteiger partial charge in [-0.3, -0.25) is 0 Å². The van der Waals surface area contributed by atoms with Gasteiger partial charge < -0.3 is 9.47 Å². The Bertz CT molecular complexity index is 331. The lowest BCUT2D eigenvalue weighted by Crippen LogP contribution is -2.17. The fraction of sp³-hybridized carbons (Fsp3) is 0.571. The molecule has 4 heteroatoms. The number of hydrogen-bond donors (Lipinski definition) is 0. The number of rotatable bonds is 2. The third-order valence-corrected chi connectivity index (χ3v) is 6.15. The summed E-state index contributed by atoms with van der Waals surface area (Å²) in [7, 11) is 0. The zero-order valence-electron chi connectivity index (χ0n) is 10.3. The minimum atomic E-state index is -0.153. The van der Waals surface area contributed by atoms with Gasteiger partial charge in [-0.15, -0.1) is 23.5 Å². The van der Waals surface area contributed by atoms with Gasteiger partial charge in [-0.1, -0.05) is 24.3 Å². The van der Waals surface area contributed by atoms with Crippen molar-refractivity contribution in [1.82, 2.24) is 0 Å². The maximum absolute atomic E-state index is 5.62. The Balaban J connectivity index is 1.67. The average molecular weight is 282 g/mol. The van der Waals surface area contributed by atoms with Gasteiger partial charge in [-0.25, -0.2) is 0 Å². The normalized spacial score (nSPS) is 23.1. The Labute approximate surface area is 117 Å². The molecular formula is C14H18O2S2. The van der Waals surface area contributed by atoms with Crippen molar-refractivity contribution >= 4 is 23.5 Å². The molecule has 0 N–H and O–H groups in total. The highest BCUT2D eigenvalue weighted by Crippen LogP contribution is 2.43. The summed E-state index contributed by atoms with van der Waals surface area (Å²) >= 11 is 4.12. The highest BCUT2D eigenvalue weighted by Gasteiger charge is 2.19. The van der Waals surface area contributed by atoms with Gasteiger partial charge in [0.15, 0.2) is 6.29 Å². The first-order valence-electron chi connectivity index (χ1n) is 6.50. The summed E-state index contributed by atoms with van der Waals surface area (Å²) in [6.07, 6.45) is 2.19. The van der Waals surface area contributed by atoms with E-state index < -0.39 is 0 Å². The standard InChI is InChI=1S/C14H18O2S2/c1-7-15-13(16-8-1)11-3-5-12(6-4-11)14-17-9-2-10-18-14/h3-6,13-14H,1-2,7-10H2. The van der Waals surface area contributed by atoms with E-state index in [0.29, 0.717) is 4.58 Å². The molecule has 0 spiro atoms. The van der Waals surface area contributed by atoms with Crippen LogP contribution in [0.5, 0.6) is 0 Å². The first-order chi connectivity index (χ1) is 8.93. The van der Waals surface area contributed by atoms with E-state index in [-0.39, 0.29) is 6.29 Å². The summed E-state index contributed by atoms with van der Waals surface area (Å²) < 4.78 is 11.8. The number of ether oxygens (including phenoxy) is 2. The largest absolute Gasteiger partial charge is 0.348 e. The third-order valence-electron chi connectivity index (χ3n) is 3.14.